The van der Waals surface area contributed by atoms with Crippen LogP contribution in [0.3, 0.4) is 0 Å². The van der Waals surface area contributed by atoms with Gasteiger partial charge < -0.3 is 25.0 Å². The summed E-state index contributed by atoms with van der Waals surface area (Å²) in [5.41, 5.74) is 0. The number of hydrogen-bond donors (Lipinski definition) is 2. The molecule has 0 saturated carbocycles. The molecule has 0 spiro atoms. The van der Waals surface area contributed by atoms with Crippen molar-refractivity contribution in [3.05, 3.63) is 0 Å². The molecule has 0 aromatic carbocycles. The SMILES string of the molecule is CCOC(=O)N1CCN(C(=O)N[C@H](C)C(=O)O)CC1. The topological polar surface area (TPSA) is 99.2 Å². The van der Waals surface area contributed by atoms with Gasteiger partial charge in [-0.15, -0.1) is 0 Å². The number of nitrogens with zero attached hydrogens (tertiary/aromatic N) is 2. The third-order valence-electron chi connectivity index (χ3n) is 2.80. The number of carbonyl (C=O) groups excluding carboxylic acids is 2. The summed E-state index contributed by atoms with van der Waals surface area (Å²) in [4.78, 5) is 36.8. The van der Waals surface area contributed by atoms with Crippen molar-refractivity contribution >= 4 is 18.1 Å². The average molecular weight is 273 g/mol. The van der Waals surface area contributed by atoms with Gasteiger partial charge in [-0.1, -0.05) is 0 Å². The number of nitrogens with one attached hydrogen (secondary N) is 1. The molecular formula is C11H19N3O5. The molecule has 108 valence electrons. The first-order valence-electron chi connectivity index (χ1n) is 6.15. The summed E-state index contributed by atoms with van der Waals surface area (Å²) in [6, 6.07) is -1.37. The van der Waals surface area contributed by atoms with Gasteiger partial charge in [-0.25, -0.2) is 9.59 Å². The monoisotopic (exact) mass is 273 g/mol. The zero-order valence-electron chi connectivity index (χ0n) is 11.1. The number of ether oxygens (including phenoxy) is 1. The van der Waals surface area contributed by atoms with E-state index in [0.717, 1.165) is 0 Å². The van der Waals surface area contributed by atoms with E-state index in [2.05, 4.69) is 5.32 Å². The van der Waals surface area contributed by atoms with Crippen LogP contribution >= 0.6 is 0 Å². The van der Waals surface area contributed by atoms with E-state index >= 15 is 0 Å². The highest BCUT2D eigenvalue weighted by Crippen LogP contribution is 2.04. The van der Waals surface area contributed by atoms with E-state index in [-0.39, 0.29) is 6.09 Å². The Balaban J connectivity index is 2.39. The Bertz CT molecular complexity index is 352. The summed E-state index contributed by atoms with van der Waals surface area (Å²) >= 11 is 0. The van der Waals surface area contributed by atoms with Gasteiger partial charge in [0.2, 0.25) is 0 Å². The van der Waals surface area contributed by atoms with E-state index in [1.165, 1.54) is 16.7 Å². The van der Waals surface area contributed by atoms with Crippen LogP contribution in [0.1, 0.15) is 13.8 Å². The number of carboxylic acids is 1. The highest BCUT2D eigenvalue weighted by molar-refractivity contribution is 5.82. The van der Waals surface area contributed by atoms with Crippen LogP contribution in [0.5, 0.6) is 0 Å². The second-order valence-electron chi connectivity index (χ2n) is 4.18. The van der Waals surface area contributed by atoms with Crippen molar-refractivity contribution < 1.29 is 24.2 Å². The predicted octanol–water partition coefficient (Wildman–Crippen LogP) is -0.0568. The Labute approximate surface area is 111 Å². The smallest absolute Gasteiger partial charge is 0.409 e. The summed E-state index contributed by atoms with van der Waals surface area (Å²) in [5.74, 6) is -1.08. The van der Waals surface area contributed by atoms with E-state index in [9.17, 15) is 14.4 Å². The van der Waals surface area contributed by atoms with Crippen LogP contribution in [0.4, 0.5) is 9.59 Å². The Hall–Kier alpha value is -1.99. The normalized spacial score (nSPS) is 16.7. The molecule has 19 heavy (non-hydrogen) atoms. The number of carbonyl (C=O) groups is 3. The van der Waals surface area contributed by atoms with E-state index in [0.29, 0.717) is 32.8 Å². The Kier molecular flexibility index (Phi) is 5.40. The van der Waals surface area contributed by atoms with Crippen molar-refractivity contribution in [2.45, 2.75) is 19.9 Å². The van der Waals surface area contributed by atoms with E-state index < -0.39 is 18.0 Å². The van der Waals surface area contributed by atoms with Gasteiger partial charge in [0.25, 0.3) is 0 Å². The molecule has 0 aromatic rings. The van der Waals surface area contributed by atoms with Crippen LogP contribution in [-0.2, 0) is 9.53 Å². The van der Waals surface area contributed by atoms with Crippen molar-refractivity contribution in [3.63, 3.8) is 0 Å². The van der Waals surface area contributed by atoms with Gasteiger partial charge in [-0.05, 0) is 13.8 Å². The summed E-state index contributed by atoms with van der Waals surface area (Å²) < 4.78 is 4.86. The predicted molar refractivity (Wildman–Crippen MR) is 65.8 cm³/mol. The largest absolute Gasteiger partial charge is 0.480 e. The van der Waals surface area contributed by atoms with Crippen molar-refractivity contribution in [1.82, 2.24) is 15.1 Å². The molecule has 0 radical (unpaired) electrons. The summed E-state index contributed by atoms with van der Waals surface area (Å²) in [6.45, 7) is 4.93. The number of carboxylic acid groups (broad SMARTS) is 1. The zero-order chi connectivity index (χ0) is 14.4. The number of hydrogen-bond acceptors (Lipinski definition) is 4. The number of amides is 3. The zero-order valence-corrected chi connectivity index (χ0v) is 11.1. The molecular weight excluding hydrogens is 254 g/mol. The first-order valence-corrected chi connectivity index (χ1v) is 6.15. The van der Waals surface area contributed by atoms with Crippen LogP contribution in [0.25, 0.3) is 0 Å². The highest BCUT2D eigenvalue weighted by Gasteiger charge is 2.26. The second-order valence-corrected chi connectivity index (χ2v) is 4.18. The summed E-state index contributed by atoms with van der Waals surface area (Å²) in [7, 11) is 0. The van der Waals surface area contributed by atoms with Crippen LogP contribution in [0.15, 0.2) is 0 Å². The molecule has 8 nitrogen and oxygen atoms in total. The van der Waals surface area contributed by atoms with Gasteiger partial charge in [0.15, 0.2) is 0 Å². The van der Waals surface area contributed by atoms with Gasteiger partial charge in [0.1, 0.15) is 6.04 Å². The fraction of sp³-hybridized carbons (Fsp3) is 0.727. The Morgan fingerprint density at radius 1 is 1.21 bits per heavy atom. The first-order chi connectivity index (χ1) is 8.95. The van der Waals surface area contributed by atoms with E-state index in [1.54, 1.807) is 6.92 Å². The summed E-state index contributed by atoms with van der Waals surface area (Å²) in [5, 5.41) is 11.1. The Morgan fingerprint density at radius 3 is 2.21 bits per heavy atom. The molecule has 0 bridgehead atoms. The maximum Gasteiger partial charge on any atom is 0.409 e. The highest BCUT2D eigenvalue weighted by atomic mass is 16.6. The summed E-state index contributed by atoms with van der Waals surface area (Å²) in [6.07, 6.45) is -0.388. The van der Waals surface area contributed by atoms with Gasteiger partial charge in [-0.3, -0.25) is 4.79 Å². The Morgan fingerprint density at radius 2 is 1.74 bits per heavy atom. The molecule has 0 aliphatic carbocycles. The van der Waals surface area contributed by atoms with Crippen molar-refractivity contribution in [1.29, 1.82) is 0 Å². The lowest BCUT2D eigenvalue weighted by molar-refractivity contribution is -0.138. The molecule has 1 saturated heterocycles. The number of piperazine rings is 1. The maximum atomic E-state index is 11.7. The quantitative estimate of drug-likeness (QED) is 0.750. The number of rotatable bonds is 3. The van der Waals surface area contributed by atoms with Crippen molar-refractivity contribution in [3.8, 4) is 0 Å². The van der Waals surface area contributed by atoms with Gasteiger partial charge in [-0.2, -0.15) is 0 Å². The van der Waals surface area contributed by atoms with Gasteiger partial charge in [0, 0.05) is 26.2 Å². The lowest BCUT2D eigenvalue weighted by atomic mass is 10.3. The molecule has 1 aliphatic heterocycles. The van der Waals surface area contributed by atoms with E-state index in [1.807, 2.05) is 0 Å². The van der Waals surface area contributed by atoms with Crippen molar-refractivity contribution in [2.24, 2.45) is 0 Å². The lowest BCUT2D eigenvalue weighted by Gasteiger charge is -2.34. The van der Waals surface area contributed by atoms with Gasteiger partial charge in [0.05, 0.1) is 6.61 Å². The van der Waals surface area contributed by atoms with Crippen LogP contribution < -0.4 is 5.32 Å². The molecule has 1 atom stereocenters. The molecule has 1 heterocycles. The minimum atomic E-state index is -1.08. The fourth-order valence-corrected chi connectivity index (χ4v) is 1.65. The molecule has 1 rings (SSSR count). The van der Waals surface area contributed by atoms with Gasteiger partial charge >= 0.3 is 18.1 Å². The van der Waals surface area contributed by atoms with Crippen LogP contribution in [0.2, 0.25) is 0 Å². The lowest BCUT2D eigenvalue weighted by Crippen LogP contribution is -2.55. The fourth-order valence-electron chi connectivity index (χ4n) is 1.65. The van der Waals surface area contributed by atoms with Crippen LogP contribution in [0, 0.1) is 0 Å². The van der Waals surface area contributed by atoms with Crippen LogP contribution in [-0.4, -0.2) is 71.8 Å². The number of urea groups is 1. The number of aliphatic carboxylic acids is 1. The molecule has 1 aliphatic rings. The van der Waals surface area contributed by atoms with E-state index in [4.69, 9.17) is 9.84 Å². The molecule has 3 amide bonds. The third kappa shape index (κ3) is 4.31. The minimum absolute atomic E-state index is 0.315. The minimum Gasteiger partial charge on any atom is -0.480 e. The first kappa shape index (κ1) is 15.1. The molecule has 1 fully saturated rings. The third-order valence-corrected chi connectivity index (χ3v) is 2.80. The molecule has 2 N–H and O–H groups in total. The van der Waals surface area contributed by atoms with Crippen molar-refractivity contribution in [2.75, 3.05) is 32.8 Å². The standard InChI is InChI=1S/C11H19N3O5/c1-3-19-11(18)14-6-4-13(5-7-14)10(17)12-8(2)9(15)16/h8H,3-7H2,1-2H3,(H,12,17)(H,15,16)/t8-/m1/s1. The maximum absolute atomic E-state index is 11.7. The molecule has 8 heteroatoms. The second kappa shape index (κ2) is 6.81. The molecule has 0 unspecified atom stereocenters. The molecule has 0 aromatic heterocycles. The average Bonchev–Trinajstić information content (AvgIpc) is 2.39.